The van der Waals surface area contributed by atoms with Crippen molar-refractivity contribution >= 4 is 34.7 Å². The van der Waals surface area contributed by atoms with Crippen molar-refractivity contribution in [3.05, 3.63) is 83.0 Å². The van der Waals surface area contributed by atoms with Crippen LogP contribution in [-0.4, -0.2) is 10.9 Å². The fourth-order valence-electron chi connectivity index (χ4n) is 2.09. The van der Waals surface area contributed by atoms with Crippen LogP contribution in [0.3, 0.4) is 0 Å². The van der Waals surface area contributed by atoms with Crippen molar-refractivity contribution in [2.75, 3.05) is 10.6 Å². The van der Waals surface area contributed by atoms with Crippen molar-refractivity contribution in [3.8, 4) is 0 Å². The molecule has 126 valence electrons. The van der Waals surface area contributed by atoms with Crippen LogP contribution in [0.4, 0.5) is 26.0 Å². The number of carbonyl (C=O) groups excluding carboxylic acids is 1. The third-order valence-electron chi connectivity index (χ3n) is 3.30. The molecule has 25 heavy (non-hydrogen) atoms. The maximum absolute atomic E-state index is 13.2. The highest BCUT2D eigenvalue weighted by Crippen LogP contribution is 2.19. The van der Waals surface area contributed by atoms with Crippen LogP contribution in [0, 0.1) is 11.6 Å². The zero-order chi connectivity index (χ0) is 17.8. The van der Waals surface area contributed by atoms with E-state index >= 15 is 0 Å². The van der Waals surface area contributed by atoms with E-state index in [1.807, 2.05) is 0 Å². The zero-order valence-electron chi connectivity index (χ0n) is 12.8. The highest BCUT2D eigenvalue weighted by molar-refractivity contribution is 6.30. The Morgan fingerprint density at radius 2 is 1.80 bits per heavy atom. The van der Waals surface area contributed by atoms with Crippen LogP contribution in [0.25, 0.3) is 0 Å². The molecule has 0 bridgehead atoms. The molecule has 4 nitrogen and oxygen atoms in total. The van der Waals surface area contributed by atoms with E-state index in [0.29, 0.717) is 27.8 Å². The first kappa shape index (κ1) is 16.9. The lowest BCUT2D eigenvalue weighted by Crippen LogP contribution is -2.12. The number of nitrogens with one attached hydrogen (secondary N) is 2. The van der Waals surface area contributed by atoms with Crippen LogP contribution in [-0.2, 0) is 0 Å². The highest BCUT2D eigenvalue weighted by Gasteiger charge is 2.08. The Morgan fingerprint density at radius 1 is 0.960 bits per heavy atom. The first-order chi connectivity index (χ1) is 12.0. The molecule has 1 aromatic heterocycles. The Morgan fingerprint density at radius 3 is 2.48 bits per heavy atom. The van der Waals surface area contributed by atoms with Crippen molar-refractivity contribution in [2.24, 2.45) is 0 Å². The van der Waals surface area contributed by atoms with E-state index in [1.165, 1.54) is 12.3 Å². The molecule has 2 N–H and O–H groups in total. The van der Waals surface area contributed by atoms with Gasteiger partial charge in [-0.2, -0.15) is 0 Å². The number of amides is 1. The number of pyridine rings is 1. The molecule has 0 aliphatic rings. The van der Waals surface area contributed by atoms with Crippen molar-refractivity contribution in [1.29, 1.82) is 0 Å². The van der Waals surface area contributed by atoms with E-state index in [1.54, 1.807) is 36.4 Å². The van der Waals surface area contributed by atoms with Gasteiger partial charge in [-0.25, -0.2) is 13.8 Å². The van der Waals surface area contributed by atoms with Gasteiger partial charge in [-0.3, -0.25) is 4.79 Å². The Labute approximate surface area is 147 Å². The van der Waals surface area contributed by atoms with Crippen LogP contribution in [0.1, 0.15) is 10.4 Å². The molecule has 1 heterocycles. The Balaban J connectivity index is 1.69. The molecule has 0 aliphatic carbocycles. The predicted molar refractivity (Wildman–Crippen MR) is 93.3 cm³/mol. The molecule has 1 amide bonds. The van der Waals surface area contributed by atoms with Crippen molar-refractivity contribution < 1.29 is 13.6 Å². The zero-order valence-corrected chi connectivity index (χ0v) is 13.5. The number of carbonyl (C=O) groups is 1. The molecular weight excluding hydrogens is 348 g/mol. The normalized spacial score (nSPS) is 10.4. The summed E-state index contributed by atoms with van der Waals surface area (Å²) in [4.78, 5) is 16.3. The maximum Gasteiger partial charge on any atom is 0.257 e. The molecule has 0 saturated carbocycles. The number of rotatable bonds is 4. The summed E-state index contributed by atoms with van der Waals surface area (Å²) in [7, 11) is 0. The van der Waals surface area contributed by atoms with Gasteiger partial charge in [0.1, 0.15) is 5.82 Å². The number of hydrogen-bond donors (Lipinski definition) is 2. The summed E-state index contributed by atoms with van der Waals surface area (Å²) >= 11 is 5.87. The van der Waals surface area contributed by atoms with E-state index in [4.69, 9.17) is 11.6 Å². The quantitative estimate of drug-likeness (QED) is 0.688. The standard InChI is InChI=1S/C18H12ClF2N3O/c19-12-2-1-3-13(8-12)24-18(25)11-4-7-17(22-10-11)23-14-5-6-15(20)16(21)9-14/h1-10H,(H,22,23)(H,24,25). The maximum atomic E-state index is 13.2. The summed E-state index contributed by atoms with van der Waals surface area (Å²) in [5, 5.41) is 6.05. The van der Waals surface area contributed by atoms with E-state index in [9.17, 15) is 13.6 Å². The third kappa shape index (κ3) is 4.30. The molecule has 0 spiro atoms. The molecule has 0 atom stereocenters. The molecule has 0 fully saturated rings. The summed E-state index contributed by atoms with van der Waals surface area (Å²) in [5.74, 6) is -1.83. The number of benzene rings is 2. The van der Waals surface area contributed by atoms with Crippen LogP contribution >= 0.6 is 11.6 Å². The number of halogens is 3. The predicted octanol–water partition coefficient (Wildman–Crippen LogP) is 5.01. The number of hydrogen-bond acceptors (Lipinski definition) is 3. The monoisotopic (exact) mass is 359 g/mol. The Hall–Kier alpha value is -2.99. The molecule has 0 aliphatic heterocycles. The van der Waals surface area contributed by atoms with Crippen LogP contribution < -0.4 is 10.6 Å². The molecule has 0 saturated heterocycles. The molecule has 0 radical (unpaired) electrons. The summed E-state index contributed by atoms with van der Waals surface area (Å²) in [5.41, 5.74) is 1.26. The summed E-state index contributed by atoms with van der Waals surface area (Å²) in [6.45, 7) is 0. The van der Waals surface area contributed by atoms with Gasteiger partial charge in [0.25, 0.3) is 5.91 Å². The molecule has 2 aromatic carbocycles. The lowest BCUT2D eigenvalue weighted by molar-refractivity contribution is 0.102. The molecule has 3 aromatic rings. The lowest BCUT2D eigenvalue weighted by Gasteiger charge is -2.08. The Bertz CT molecular complexity index is 916. The minimum atomic E-state index is -0.956. The smallest absolute Gasteiger partial charge is 0.257 e. The fraction of sp³-hybridized carbons (Fsp3) is 0. The van der Waals surface area contributed by atoms with Gasteiger partial charge in [-0.05, 0) is 42.5 Å². The average Bonchev–Trinajstić information content (AvgIpc) is 2.59. The van der Waals surface area contributed by atoms with Gasteiger partial charge in [0.2, 0.25) is 0 Å². The van der Waals surface area contributed by atoms with Crippen molar-refractivity contribution in [3.63, 3.8) is 0 Å². The highest BCUT2D eigenvalue weighted by atomic mass is 35.5. The van der Waals surface area contributed by atoms with Crippen LogP contribution in [0.5, 0.6) is 0 Å². The SMILES string of the molecule is O=C(Nc1cccc(Cl)c1)c1ccc(Nc2ccc(F)c(F)c2)nc1. The van der Waals surface area contributed by atoms with E-state index in [-0.39, 0.29) is 5.91 Å². The fourth-order valence-corrected chi connectivity index (χ4v) is 2.28. The van der Waals surface area contributed by atoms with Gasteiger partial charge in [-0.1, -0.05) is 17.7 Å². The number of anilines is 3. The average molecular weight is 360 g/mol. The summed E-state index contributed by atoms with van der Waals surface area (Å²) in [6.07, 6.45) is 1.38. The number of nitrogens with zero attached hydrogens (tertiary/aromatic N) is 1. The van der Waals surface area contributed by atoms with Crippen molar-refractivity contribution in [1.82, 2.24) is 4.98 Å². The second-order valence-electron chi connectivity index (χ2n) is 5.15. The van der Waals surface area contributed by atoms with Gasteiger partial charge in [0.05, 0.1) is 5.56 Å². The summed E-state index contributed by atoms with van der Waals surface area (Å²) < 4.78 is 26.1. The second-order valence-corrected chi connectivity index (χ2v) is 5.59. The van der Waals surface area contributed by atoms with Gasteiger partial charge >= 0.3 is 0 Å². The Kier molecular flexibility index (Phi) is 4.90. The van der Waals surface area contributed by atoms with Gasteiger partial charge < -0.3 is 10.6 Å². The minimum absolute atomic E-state index is 0.339. The van der Waals surface area contributed by atoms with Crippen molar-refractivity contribution in [2.45, 2.75) is 0 Å². The minimum Gasteiger partial charge on any atom is -0.340 e. The second kappa shape index (κ2) is 7.27. The van der Waals surface area contributed by atoms with Crippen LogP contribution in [0.2, 0.25) is 5.02 Å². The number of aromatic nitrogens is 1. The van der Waals surface area contributed by atoms with E-state index in [2.05, 4.69) is 15.6 Å². The first-order valence-corrected chi connectivity index (χ1v) is 7.64. The van der Waals surface area contributed by atoms with Crippen LogP contribution in [0.15, 0.2) is 60.8 Å². The topological polar surface area (TPSA) is 54.0 Å². The molecular formula is C18H12ClF2N3O. The van der Waals surface area contributed by atoms with E-state index < -0.39 is 11.6 Å². The van der Waals surface area contributed by atoms with E-state index in [0.717, 1.165) is 12.1 Å². The molecule has 0 unspecified atom stereocenters. The molecule has 3 rings (SSSR count). The summed E-state index contributed by atoms with van der Waals surface area (Å²) in [6, 6.07) is 13.3. The van der Waals surface area contributed by atoms with Gasteiger partial charge in [0.15, 0.2) is 11.6 Å². The third-order valence-corrected chi connectivity index (χ3v) is 3.54. The van der Waals surface area contributed by atoms with Gasteiger partial charge in [-0.15, -0.1) is 0 Å². The lowest BCUT2D eigenvalue weighted by atomic mass is 10.2. The van der Waals surface area contributed by atoms with Gasteiger partial charge in [0, 0.05) is 28.7 Å². The first-order valence-electron chi connectivity index (χ1n) is 7.26. The largest absolute Gasteiger partial charge is 0.340 e. The molecule has 7 heteroatoms.